The van der Waals surface area contributed by atoms with Crippen molar-refractivity contribution in [3.8, 4) is 5.75 Å². The van der Waals surface area contributed by atoms with E-state index in [1.165, 1.54) is 17.4 Å². The van der Waals surface area contributed by atoms with Crippen LogP contribution in [0.15, 0.2) is 29.1 Å². The normalized spacial score (nSPS) is 11.4. The largest absolute Gasteiger partial charge is 0.482 e. The molecule has 20 heavy (non-hydrogen) atoms. The van der Waals surface area contributed by atoms with Crippen molar-refractivity contribution in [2.45, 2.75) is 12.7 Å². The van der Waals surface area contributed by atoms with Gasteiger partial charge in [0.05, 0.1) is 23.4 Å². The number of halogens is 4. The second-order valence-corrected chi connectivity index (χ2v) is 4.60. The van der Waals surface area contributed by atoms with Gasteiger partial charge in [-0.25, -0.2) is 9.37 Å². The first kappa shape index (κ1) is 14.6. The number of aromatic nitrogens is 1. The Morgan fingerprint density at radius 2 is 2.10 bits per heavy atom. The highest BCUT2D eigenvalue weighted by Crippen LogP contribution is 2.28. The molecular formula is C12H10F4N2OS. The van der Waals surface area contributed by atoms with Crippen LogP contribution in [0.5, 0.6) is 5.75 Å². The number of benzene rings is 1. The van der Waals surface area contributed by atoms with Gasteiger partial charge in [0.1, 0.15) is 11.6 Å². The maximum atomic E-state index is 13.1. The molecule has 0 atom stereocenters. The van der Waals surface area contributed by atoms with Crippen molar-refractivity contribution in [2.75, 3.05) is 11.9 Å². The van der Waals surface area contributed by atoms with Gasteiger partial charge in [0, 0.05) is 11.4 Å². The highest BCUT2D eigenvalue weighted by atomic mass is 32.1. The van der Waals surface area contributed by atoms with Gasteiger partial charge in [-0.1, -0.05) is 0 Å². The van der Waals surface area contributed by atoms with Gasteiger partial charge in [0.15, 0.2) is 6.61 Å². The molecule has 0 amide bonds. The third kappa shape index (κ3) is 4.37. The molecule has 1 N–H and O–H groups in total. The van der Waals surface area contributed by atoms with Crippen LogP contribution in [0.2, 0.25) is 0 Å². The van der Waals surface area contributed by atoms with Crippen molar-refractivity contribution in [2.24, 2.45) is 0 Å². The predicted molar refractivity (Wildman–Crippen MR) is 67.4 cm³/mol. The average Bonchev–Trinajstić information content (AvgIpc) is 2.87. The number of nitrogens with zero attached hydrogens (tertiary/aromatic N) is 1. The maximum absolute atomic E-state index is 13.1. The summed E-state index contributed by atoms with van der Waals surface area (Å²) < 4.78 is 54.1. The lowest BCUT2D eigenvalue weighted by atomic mass is 10.2. The Balaban J connectivity index is 2.07. The molecular weight excluding hydrogens is 296 g/mol. The van der Waals surface area contributed by atoms with E-state index in [2.05, 4.69) is 15.0 Å². The predicted octanol–water partition coefficient (Wildman–Crippen LogP) is 3.84. The van der Waals surface area contributed by atoms with Crippen LogP contribution in [0.3, 0.4) is 0 Å². The minimum atomic E-state index is -4.47. The van der Waals surface area contributed by atoms with E-state index in [1.807, 2.05) is 0 Å². The zero-order valence-electron chi connectivity index (χ0n) is 10.1. The molecule has 0 bridgehead atoms. The van der Waals surface area contributed by atoms with E-state index >= 15 is 0 Å². The number of ether oxygens (including phenoxy) is 1. The van der Waals surface area contributed by atoms with Crippen LogP contribution in [0.1, 0.15) is 5.69 Å². The van der Waals surface area contributed by atoms with E-state index in [-0.39, 0.29) is 11.4 Å². The van der Waals surface area contributed by atoms with Crippen molar-refractivity contribution >= 4 is 17.0 Å². The Morgan fingerprint density at radius 1 is 1.30 bits per heavy atom. The number of alkyl halides is 3. The highest BCUT2D eigenvalue weighted by molar-refractivity contribution is 7.07. The fraction of sp³-hybridized carbons (Fsp3) is 0.250. The molecule has 0 aliphatic carbocycles. The monoisotopic (exact) mass is 306 g/mol. The number of thiazole rings is 1. The number of rotatable bonds is 5. The smallest absolute Gasteiger partial charge is 0.422 e. The lowest BCUT2D eigenvalue weighted by Gasteiger charge is -2.14. The van der Waals surface area contributed by atoms with Crippen LogP contribution >= 0.6 is 11.3 Å². The molecule has 1 aromatic carbocycles. The summed E-state index contributed by atoms with van der Waals surface area (Å²) in [6, 6.07) is 3.38. The summed E-state index contributed by atoms with van der Waals surface area (Å²) in [5.74, 6) is -0.848. The SMILES string of the molecule is Fc1ccc(NCc2cscn2)c(OCC(F)(F)F)c1. The van der Waals surface area contributed by atoms with Gasteiger partial charge in [0.2, 0.25) is 0 Å². The molecule has 0 radical (unpaired) electrons. The molecule has 108 valence electrons. The molecule has 3 nitrogen and oxygen atoms in total. The van der Waals surface area contributed by atoms with Gasteiger partial charge in [-0.15, -0.1) is 11.3 Å². The van der Waals surface area contributed by atoms with E-state index in [4.69, 9.17) is 0 Å². The van der Waals surface area contributed by atoms with E-state index < -0.39 is 18.6 Å². The summed E-state index contributed by atoms with van der Waals surface area (Å²) in [4.78, 5) is 4.02. The van der Waals surface area contributed by atoms with Crippen LogP contribution in [-0.4, -0.2) is 17.8 Å². The summed E-state index contributed by atoms with van der Waals surface area (Å²) in [7, 11) is 0. The minimum Gasteiger partial charge on any atom is -0.482 e. The Bertz CT molecular complexity index is 557. The topological polar surface area (TPSA) is 34.2 Å². The van der Waals surface area contributed by atoms with Gasteiger partial charge in [-0.2, -0.15) is 13.2 Å². The Labute approximate surface area is 116 Å². The third-order valence-electron chi connectivity index (χ3n) is 2.28. The Hall–Kier alpha value is -1.83. The Morgan fingerprint density at radius 3 is 2.75 bits per heavy atom. The molecule has 8 heteroatoms. The summed E-state index contributed by atoms with van der Waals surface area (Å²) in [5.41, 5.74) is 2.66. The molecule has 1 aromatic heterocycles. The van der Waals surface area contributed by atoms with E-state index in [9.17, 15) is 17.6 Å². The number of nitrogens with one attached hydrogen (secondary N) is 1. The molecule has 2 aromatic rings. The fourth-order valence-electron chi connectivity index (χ4n) is 1.43. The third-order valence-corrected chi connectivity index (χ3v) is 2.91. The molecule has 1 heterocycles. The van der Waals surface area contributed by atoms with E-state index in [0.29, 0.717) is 6.54 Å². The van der Waals surface area contributed by atoms with Gasteiger partial charge in [-0.05, 0) is 12.1 Å². The fourth-order valence-corrected chi connectivity index (χ4v) is 1.99. The first-order valence-electron chi connectivity index (χ1n) is 5.54. The minimum absolute atomic E-state index is 0.183. The number of hydrogen-bond donors (Lipinski definition) is 1. The zero-order valence-corrected chi connectivity index (χ0v) is 10.9. The Kier molecular flexibility index (Phi) is 4.43. The van der Waals surface area contributed by atoms with Gasteiger partial charge < -0.3 is 10.1 Å². The molecule has 0 saturated heterocycles. The number of anilines is 1. The lowest BCUT2D eigenvalue weighted by molar-refractivity contribution is -0.153. The highest BCUT2D eigenvalue weighted by Gasteiger charge is 2.28. The molecule has 2 rings (SSSR count). The lowest BCUT2D eigenvalue weighted by Crippen LogP contribution is -2.19. The second-order valence-electron chi connectivity index (χ2n) is 3.88. The molecule has 0 spiro atoms. The summed E-state index contributed by atoms with van der Waals surface area (Å²) in [5, 5.41) is 4.66. The quantitative estimate of drug-likeness (QED) is 0.852. The van der Waals surface area contributed by atoms with Crippen LogP contribution in [0.25, 0.3) is 0 Å². The zero-order chi connectivity index (χ0) is 14.6. The summed E-state index contributed by atoms with van der Waals surface area (Å²) in [6.45, 7) is -1.15. The van der Waals surface area contributed by atoms with E-state index in [1.54, 1.807) is 10.9 Å². The van der Waals surface area contributed by atoms with Crippen molar-refractivity contribution in [3.63, 3.8) is 0 Å². The summed E-state index contributed by atoms with van der Waals surface area (Å²) >= 11 is 1.40. The van der Waals surface area contributed by atoms with Crippen LogP contribution < -0.4 is 10.1 Å². The maximum Gasteiger partial charge on any atom is 0.422 e. The van der Waals surface area contributed by atoms with Crippen molar-refractivity contribution < 1.29 is 22.3 Å². The molecule has 0 unspecified atom stereocenters. The van der Waals surface area contributed by atoms with Gasteiger partial charge in [-0.3, -0.25) is 0 Å². The standard InChI is InChI=1S/C12H10F4N2OS/c13-8-1-2-10(17-4-9-5-20-7-18-9)11(3-8)19-6-12(14,15)16/h1-3,5,7,17H,4,6H2. The number of hydrogen-bond acceptors (Lipinski definition) is 4. The van der Waals surface area contributed by atoms with Gasteiger partial charge >= 0.3 is 6.18 Å². The second kappa shape index (κ2) is 6.08. The average molecular weight is 306 g/mol. The molecule has 0 saturated carbocycles. The van der Waals surface area contributed by atoms with E-state index in [0.717, 1.165) is 17.8 Å². The van der Waals surface area contributed by atoms with Crippen molar-refractivity contribution in [1.29, 1.82) is 0 Å². The van der Waals surface area contributed by atoms with Crippen molar-refractivity contribution in [3.05, 3.63) is 40.6 Å². The van der Waals surface area contributed by atoms with Crippen LogP contribution in [-0.2, 0) is 6.54 Å². The first-order chi connectivity index (χ1) is 9.44. The molecule has 0 fully saturated rings. The first-order valence-corrected chi connectivity index (χ1v) is 6.48. The molecule has 0 aliphatic rings. The molecule has 0 aliphatic heterocycles. The van der Waals surface area contributed by atoms with Crippen LogP contribution in [0.4, 0.5) is 23.2 Å². The van der Waals surface area contributed by atoms with Gasteiger partial charge in [0.25, 0.3) is 0 Å². The van der Waals surface area contributed by atoms with Crippen molar-refractivity contribution in [1.82, 2.24) is 4.98 Å². The summed E-state index contributed by atoms with van der Waals surface area (Å²) in [6.07, 6.45) is -4.47. The van der Waals surface area contributed by atoms with Crippen LogP contribution in [0, 0.1) is 5.82 Å².